The first-order chi connectivity index (χ1) is 16.5. The molecule has 1 aromatic heterocycles. The zero-order chi connectivity index (χ0) is 23.7. The summed E-state index contributed by atoms with van der Waals surface area (Å²) >= 11 is 7.47. The number of hydrogen-bond acceptors (Lipinski definition) is 5. The first-order valence-electron chi connectivity index (χ1n) is 11.9. The van der Waals surface area contributed by atoms with Gasteiger partial charge in [-0.25, -0.2) is 4.98 Å². The molecule has 5 rings (SSSR count). The minimum absolute atomic E-state index is 0.0120. The molecular weight excluding hydrogens is 470 g/mol. The molecule has 0 unspecified atom stereocenters. The van der Waals surface area contributed by atoms with Crippen LogP contribution in [0, 0.1) is 0 Å². The highest BCUT2D eigenvalue weighted by molar-refractivity contribution is 8.00. The van der Waals surface area contributed by atoms with E-state index in [-0.39, 0.29) is 23.6 Å². The number of hydrogen-bond donors (Lipinski definition) is 1. The van der Waals surface area contributed by atoms with Crippen molar-refractivity contribution in [1.82, 2.24) is 14.9 Å². The van der Waals surface area contributed by atoms with Gasteiger partial charge in [0.25, 0.3) is 5.56 Å². The number of aryl methyl sites for hydroxylation is 1. The molecule has 8 heteroatoms. The maximum Gasteiger partial charge on any atom is 0.262 e. The van der Waals surface area contributed by atoms with Crippen LogP contribution >= 0.6 is 23.4 Å². The lowest BCUT2D eigenvalue weighted by atomic mass is 9.88. The van der Waals surface area contributed by atoms with Gasteiger partial charge in [0.05, 0.1) is 34.8 Å². The zero-order valence-electron chi connectivity index (χ0n) is 19.1. The Morgan fingerprint density at radius 3 is 2.94 bits per heavy atom. The summed E-state index contributed by atoms with van der Waals surface area (Å²) in [4.78, 5) is 31.3. The first-order valence-corrected chi connectivity index (χ1v) is 13.1. The normalized spacial score (nSPS) is 20.8. The number of aromatic nitrogens is 2. The predicted molar refractivity (Wildman–Crippen MR) is 136 cm³/mol. The van der Waals surface area contributed by atoms with Gasteiger partial charge < -0.3 is 10.1 Å². The summed E-state index contributed by atoms with van der Waals surface area (Å²) in [5, 5.41) is 4.36. The lowest BCUT2D eigenvalue weighted by Gasteiger charge is -2.27. The molecular formula is C26H28ClN3O3S. The second kappa shape index (κ2) is 10.1. The Morgan fingerprint density at radius 2 is 2.12 bits per heavy atom. The van der Waals surface area contributed by atoms with Crippen LogP contribution in [0.5, 0.6) is 0 Å². The molecule has 2 aromatic carbocycles. The minimum atomic E-state index is -0.423. The Hall–Kier alpha value is -2.35. The van der Waals surface area contributed by atoms with Gasteiger partial charge in [0.15, 0.2) is 5.16 Å². The van der Waals surface area contributed by atoms with Crippen LogP contribution in [0.3, 0.4) is 0 Å². The van der Waals surface area contributed by atoms with Crippen molar-refractivity contribution in [2.45, 2.75) is 68.1 Å². The fourth-order valence-corrected chi connectivity index (χ4v) is 5.91. The number of fused-ring (bicyclic) bond motifs is 2. The monoisotopic (exact) mass is 497 g/mol. The van der Waals surface area contributed by atoms with Gasteiger partial charge in [-0.1, -0.05) is 47.6 Å². The van der Waals surface area contributed by atoms with E-state index < -0.39 is 5.25 Å². The van der Waals surface area contributed by atoms with Crippen LogP contribution in [0.4, 0.5) is 0 Å². The number of carbonyl (C=O) groups is 1. The molecule has 1 amide bonds. The Balaban J connectivity index is 1.40. The molecule has 2 aliphatic rings. The molecule has 0 bridgehead atoms. The van der Waals surface area contributed by atoms with E-state index in [1.54, 1.807) is 22.8 Å². The van der Waals surface area contributed by atoms with Crippen molar-refractivity contribution in [3.63, 3.8) is 0 Å². The molecule has 1 N–H and O–H groups in total. The summed E-state index contributed by atoms with van der Waals surface area (Å²) in [6.45, 7) is 3.00. The second-order valence-corrected chi connectivity index (χ2v) is 10.8. The highest BCUT2D eigenvalue weighted by atomic mass is 35.5. The van der Waals surface area contributed by atoms with Crippen LogP contribution in [0.2, 0.25) is 5.02 Å². The van der Waals surface area contributed by atoms with Crippen molar-refractivity contribution in [2.24, 2.45) is 0 Å². The quantitative estimate of drug-likeness (QED) is 0.387. The van der Waals surface area contributed by atoms with Crippen LogP contribution in [0.25, 0.3) is 10.9 Å². The molecule has 3 aromatic rings. The van der Waals surface area contributed by atoms with Crippen LogP contribution in [-0.4, -0.2) is 33.4 Å². The number of halogens is 1. The molecule has 178 valence electrons. The zero-order valence-corrected chi connectivity index (χ0v) is 20.7. The number of nitrogens with zero attached hydrogens (tertiary/aromatic N) is 2. The molecule has 1 aliphatic carbocycles. The highest BCUT2D eigenvalue weighted by Crippen LogP contribution is 2.31. The SMILES string of the molecule is C[C@H](Sc1nc2cc(Cl)ccc2c(=O)n1C[C@@H]1CCCO1)C(=O)N[C@H]1CCCc2ccccc21. The smallest absolute Gasteiger partial charge is 0.262 e. The van der Waals surface area contributed by atoms with Crippen molar-refractivity contribution in [1.29, 1.82) is 0 Å². The van der Waals surface area contributed by atoms with Crippen molar-refractivity contribution in [3.8, 4) is 0 Å². The summed E-state index contributed by atoms with van der Waals surface area (Å²) < 4.78 is 7.45. The Labute approximate surface area is 208 Å². The Kier molecular flexibility index (Phi) is 6.95. The van der Waals surface area contributed by atoms with Crippen LogP contribution in [0.15, 0.2) is 52.4 Å². The van der Waals surface area contributed by atoms with Crippen LogP contribution < -0.4 is 10.9 Å². The number of ether oxygens (including phenoxy) is 1. The topological polar surface area (TPSA) is 73.2 Å². The average Bonchev–Trinajstić information content (AvgIpc) is 3.35. The van der Waals surface area contributed by atoms with E-state index in [1.807, 2.05) is 19.1 Å². The number of nitrogens with one attached hydrogen (secondary N) is 1. The minimum Gasteiger partial charge on any atom is -0.376 e. The van der Waals surface area contributed by atoms with Crippen molar-refractivity contribution >= 4 is 40.2 Å². The molecule has 0 spiro atoms. The lowest BCUT2D eigenvalue weighted by Crippen LogP contribution is -2.36. The molecule has 6 nitrogen and oxygen atoms in total. The summed E-state index contributed by atoms with van der Waals surface area (Å²) in [6.07, 6.45) is 4.90. The Bertz CT molecular complexity index is 1270. The van der Waals surface area contributed by atoms with Gasteiger partial charge in [0.2, 0.25) is 5.91 Å². The van der Waals surface area contributed by atoms with E-state index in [0.717, 1.165) is 32.1 Å². The second-order valence-electron chi connectivity index (χ2n) is 9.02. The number of benzene rings is 2. The van der Waals surface area contributed by atoms with E-state index in [9.17, 15) is 9.59 Å². The molecule has 1 saturated heterocycles. The van der Waals surface area contributed by atoms with Gasteiger partial charge in [-0.05, 0) is 68.4 Å². The highest BCUT2D eigenvalue weighted by Gasteiger charge is 2.26. The van der Waals surface area contributed by atoms with Gasteiger partial charge in [0, 0.05) is 11.6 Å². The van der Waals surface area contributed by atoms with E-state index in [2.05, 4.69) is 17.4 Å². The van der Waals surface area contributed by atoms with Gasteiger partial charge >= 0.3 is 0 Å². The number of amides is 1. The van der Waals surface area contributed by atoms with E-state index in [1.165, 1.54) is 22.9 Å². The predicted octanol–water partition coefficient (Wildman–Crippen LogP) is 4.90. The van der Waals surface area contributed by atoms with E-state index >= 15 is 0 Å². The summed E-state index contributed by atoms with van der Waals surface area (Å²) in [5.74, 6) is -0.0594. The third-order valence-electron chi connectivity index (χ3n) is 6.63. The van der Waals surface area contributed by atoms with Crippen molar-refractivity contribution in [3.05, 3.63) is 69.0 Å². The maximum absolute atomic E-state index is 13.4. The fraction of sp³-hybridized carbons (Fsp3) is 0.423. The van der Waals surface area contributed by atoms with Gasteiger partial charge in [-0.3, -0.25) is 14.2 Å². The lowest BCUT2D eigenvalue weighted by molar-refractivity contribution is -0.121. The fourth-order valence-electron chi connectivity index (χ4n) is 4.82. The average molecular weight is 498 g/mol. The third-order valence-corrected chi connectivity index (χ3v) is 7.96. The molecule has 34 heavy (non-hydrogen) atoms. The van der Waals surface area contributed by atoms with Crippen LogP contribution in [-0.2, 0) is 22.5 Å². The van der Waals surface area contributed by atoms with Gasteiger partial charge in [-0.2, -0.15) is 0 Å². The molecule has 0 saturated carbocycles. The van der Waals surface area contributed by atoms with Crippen molar-refractivity contribution < 1.29 is 9.53 Å². The maximum atomic E-state index is 13.4. The van der Waals surface area contributed by atoms with E-state index in [4.69, 9.17) is 21.3 Å². The molecule has 1 aliphatic heterocycles. The molecule has 3 atom stereocenters. The third kappa shape index (κ3) is 4.88. The number of thioether (sulfide) groups is 1. The Morgan fingerprint density at radius 1 is 1.26 bits per heavy atom. The van der Waals surface area contributed by atoms with Gasteiger partial charge in [0.1, 0.15) is 0 Å². The van der Waals surface area contributed by atoms with E-state index in [0.29, 0.717) is 34.2 Å². The molecule has 0 radical (unpaired) electrons. The van der Waals surface area contributed by atoms with Gasteiger partial charge in [-0.15, -0.1) is 0 Å². The standard InChI is InChI=1S/C26H28ClN3O3S/c1-16(24(31)28-22-10-4-7-17-6-2-3-9-20(17)22)34-26-29-23-14-18(27)11-12-21(23)25(32)30(26)15-19-8-5-13-33-19/h2-3,6,9,11-12,14,16,19,22H,4-5,7-8,10,13,15H2,1H3,(H,28,31)/t16-,19-,22-/m0/s1. The summed E-state index contributed by atoms with van der Waals surface area (Å²) in [6, 6.07) is 13.4. The number of rotatable bonds is 6. The summed E-state index contributed by atoms with van der Waals surface area (Å²) in [5.41, 5.74) is 2.91. The van der Waals surface area contributed by atoms with Crippen LogP contribution in [0.1, 0.15) is 49.8 Å². The number of carbonyl (C=O) groups excluding carboxylic acids is 1. The largest absolute Gasteiger partial charge is 0.376 e. The van der Waals surface area contributed by atoms with Crippen molar-refractivity contribution in [2.75, 3.05) is 6.61 Å². The first kappa shape index (κ1) is 23.4. The summed E-state index contributed by atoms with van der Waals surface area (Å²) in [7, 11) is 0. The molecule has 2 heterocycles. The molecule has 1 fully saturated rings.